The standard InChI is InChI=1S/C42H52N2O14/c1-3-33(45)27-49-20-18-43-41(47)57-39(31-55-35-12-7-5-8-13-35)29-51-22-24-53-37-16-11-17-38(26-37)54-25-23-52-30-40(32-56-36-14-9-6-10-15-36)58-42(48)44-19-21-50-28-34(46)4-2/h3-17,26,39-40H,1-2,18-25,27-32H2,(H,43,47)(H,44,48). The van der Waals surface area contributed by atoms with Crippen LogP contribution in [0.2, 0.25) is 0 Å². The first kappa shape index (κ1) is 46.4. The average Bonchev–Trinajstić information content (AvgIpc) is 3.24. The number of alkyl carbamates (subject to hydrolysis) is 2. The largest absolute Gasteiger partial charge is 0.491 e. The first-order chi connectivity index (χ1) is 28.3. The SMILES string of the molecule is C=CC(=O)COCCNC(=O)OC(COCCOc1cccc(OCCOCC(COc2ccccc2)OC(=O)NCCOCC(=O)C=C)c1)COc1ccccc1. The summed E-state index contributed by atoms with van der Waals surface area (Å²) in [4.78, 5) is 47.3. The second kappa shape index (κ2) is 29.3. The molecule has 16 heteroatoms. The fourth-order valence-electron chi connectivity index (χ4n) is 4.46. The zero-order chi connectivity index (χ0) is 41.5. The highest BCUT2D eigenvalue weighted by molar-refractivity contribution is 5.90. The molecule has 0 aliphatic heterocycles. The molecule has 0 saturated carbocycles. The van der Waals surface area contributed by atoms with Crippen LogP contribution in [0, 0.1) is 0 Å². The highest BCUT2D eigenvalue weighted by Crippen LogP contribution is 2.19. The number of benzene rings is 3. The smallest absolute Gasteiger partial charge is 0.407 e. The van der Waals surface area contributed by atoms with Crippen molar-refractivity contribution >= 4 is 23.8 Å². The van der Waals surface area contributed by atoms with Crippen molar-refractivity contribution in [1.29, 1.82) is 0 Å². The predicted octanol–water partition coefficient (Wildman–Crippen LogP) is 4.37. The lowest BCUT2D eigenvalue weighted by atomic mass is 10.3. The van der Waals surface area contributed by atoms with Gasteiger partial charge < -0.3 is 58.0 Å². The minimum absolute atomic E-state index is 0.0423. The molecule has 2 atom stereocenters. The Hall–Kier alpha value is -5.94. The van der Waals surface area contributed by atoms with Gasteiger partial charge in [-0.3, -0.25) is 9.59 Å². The monoisotopic (exact) mass is 808 g/mol. The summed E-state index contributed by atoms with van der Waals surface area (Å²) in [7, 11) is 0. The van der Waals surface area contributed by atoms with Gasteiger partial charge in [-0.25, -0.2) is 9.59 Å². The molecule has 3 rings (SSSR count). The Balaban J connectivity index is 1.36. The molecule has 314 valence electrons. The van der Waals surface area contributed by atoms with Gasteiger partial charge in [-0.1, -0.05) is 55.6 Å². The fourth-order valence-corrected chi connectivity index (χ4v) is 4.46. The van der Waals surface area contributed by atoms with E-state index in [9.17, 15) is 19.2 Å². The van der Waals surface area contributed by atoms with Gasteiger partial charge in [0, 0.05) is 19.2 Å². The van der Waals surface area contributed by atoms with E-state index in [4.69, 9.17) is 47.4 Å². The Morgan fingerprint density at radius 3 is 1.31 bits per heavy atom. The third-order valence-corrected chi connectivity index (χ3v) is 7.29. The molecule has 58 heavy (non-hydrogen) atoms. The molecule has 0 saturated heterocycles. The van der Waals surface area contributed by atoms with Gasteiger partial charge in [0.15, 0.2) is 23.8 Å². The third kappa shape index (κ3) is 22.0. The van der Waals surface area contributed by atoms with Crippen molar-refractivity contribution in [2.75, 3.05) is 92.4 Å². The number of rotatable bonds is 32. The van der Waals surface area contributed by atoms with Crippen LogP contribution in [0.3, 0.4) is 0 Å². The maximum Gasteiger partial charge on any atom is 0.407 e. The molecule has 3 aromatic rings. The second-order valence-corrected chi connectivity index (χ2v) is 11.9. The number of para-hydroxylation sites is 2. The van der Waals surface area contributed by atoms with Crippen molar-refractivity contribution in [3.63, 3.8) is 0 Å². The average molecular weight is 809 g/mol. The second-order valence-electron chi connectivity index (χ2n) is 11.9. The Bertz CT molecular complexity index is 1530. The van der Waals surface area contributed by atoms with E-state index in [1.807, 2.05) is 36.4 Å². The van der Waals surface area contributed by atoms with Gasteiger partial charge in [-0.2, -0.15) is 0 Å². The summed E-state index contributed by atoms with van der Waals surface area (Å²) in [5, 5.41) is 5.14. The summed E-state index contributed by atoms with van der Waals surface area (Å²) in [6.45, 7) is 8.02. The van der Waals surface area contributed by atoms with Crippen LogP contribution >= 0.6 is 0 Å². The molecule has 2 N–H and O–H groups in total. The molecule has 0 radical (unpaired) electrons. The Morgan fingerprint density at radius 1 is 0.483 bits per heavy atom. The van der Waals surface area contributed by atoms with E-state index >= 15 is 0 Å². The van der Waals surface area contributed by atoms with Crippen molar-refractivity contribution in [2.24, 2.45) is 0 Å². The van der Waals surface area contributed by atoms with Crippen molar-refractivity contribution in [3.8, 4) is 23.0 Å². The molecule has 0 bridgehead atoms. The number of nitrogens with one attached hydrogen (secondary N) is 2. The lowest BCUT2D eigenvalue weighted by Crippen LogP contribution is -2.36. The number of carbonyl (C=O) groups excluding carboxylic acids is 4. The molecule has 0 aliphatic rings. The first-order valence-corrected chi connectivity index (χ1v) is 18.6. The number of amides is 2. The van der Waals surface area contributed by atoms with Crippen molar-refractivity contribution < 1.29 is 66.5 Å². The molecular formula is C42H52N2O14. The lowest BCUT2D eigenvalue weighted by molar-refractivity contribution is -0.119. The van der Waals surface area contributed by atoms with Gasteiger partial charge in [0.25, 0.3) is 0 Å². The van der Waals surface area contributed by atoms with Crippen molar-refractivity contribution in [3.05, 3.63) is 110 Å². The van der Waals surface area contributed by atoms with Gasteiger partial charge in [0.1, 0.15) is 62.6 Å². The van der Waals surface area contributed by atoms with Crippen LogP contribution in [-0.2, 0) is 38.0 Å². The van der Waals surface area contributed by atoms with Crippen LogP contribution in [0.4, 0.5) is 9.59 Å². The van der Waals surface area contributed by atoms with Crippen LogP contribution in [0.15, 0.2) is 110 Å². The first-order valence-electron chi connectivity index (χ1n) is 18.6. The molecule has 0 aromatic heterocycles. The van der Waals surface area contributed by atoms with E-state index in [-0.39, 0.29) is 104 Å². The van der Waals surface area contributed by atoms with Gasteiger partial charge in [0.05, 0.1) is 39.6 Å². The highest BCUT2D eigenvalue weighted by atomic mass is 16.6. The van der Waals surface area contributed by atoms with E-state index in [1.165, 1.54) is 12.2 Å². The number of ketones is 2. The van der Waals surface area contributed by atoms with E-state index in [0.29, 0.717) is 23.0 Å². The fraction of sp³-hybridized carbons (Fsp3) is 0.381. The van der Waals surface area contributed by atoms with Gasteiger partial charge >= 0.3 is 12.2 Å². The maximum absolute atomic E-state index is 12.4. The predicted molar refractivity (Wildman–Crippen MR) is 212 cm³/mol. The topological polar surface area (TPSA) is 185 Å². The molecule has 16 nitrogen and oxygen atoms in total. The highest BCUT2D eigenvalue weighted by Gasteiger charge is 2.18. The molecular weight excluding hydrogens is 756 g/mol. The summed E-state index contributed by atoms with van der Waals surface area (Å²) in [5.74, 6) is 1.81. The van der Waals surface area contributed by atoms with Crippen LogP contribution < -0.4 is 29.6 Å². The quantitative estimate of drug-likeness (QED) is 0.0670. The summed E-state index contributed by atoms with van der Waals surface area (Å²) >= 11 is 0. The molecule has 0 fully saturated rings. The van der Waals surface area contributed by atoms with Gasteiger partial charge in [-0.15, -0.1) is 0 Å². The molecule has 3 aromatic carbocycles. The van der Waals surface area contributed by atoms with Crippen LogP contribution in [-0.4, -0.2) is 128 Å². The number of ether oxygens (including phenoxy) is 10. The Labute approximate surface area is 338 Å². The van der Waals surface area contributed by atoms with Crippen molar-refractivity contribution in [1.82, 2.24) is 10.6 Å². The van der Waals surface area contributed by atoms with Gasteiger partial charge in [0.2, 0.25) is 0 Å². The van der Waals surface area contributed by atoms with E-state index < -0.39 is 24.4 Å². The molecule has 0 heterocycles. The molecule has 0 aliphatic carbocycles. The van der Waals surface area contributed by atoms with E-state index in [0.717, 1.165) is 0 Å². The van der Waals surface area contributed by atoms with E-state index in [2.05, 4.69) is 23.8 Å². The van der Waals surface area contributed by atoms with Crippen molar-refractivity contribution in [2.45, 2.75) is 12.2 Å². The zero-order valence-corrected chi connectivity index (χ0v) is 32.4. The summed E-state index contributed by atoms with van der Waals surface area (Å²) in [6, 6.07) is 25.2. The lowest BCUT2D eigenvalue weighted by Gasteiger charge is -2.19. The number of hydrogen-bond acceptors (Lipinski definition) is 14. The molecule has 2 unspecified atom stereocenters. The Kier molecular flexibility index (Phi) is 23.5. The third-order valence-electron chi connectivity index (χ3n) is 7.29. The summed E-state index contributed by atoms with van der Waals surface area (Å²) in [6.07, 6.45) is -0.503. The summed E-state index contributed by atoms with van der Waals surface area (Å²) in [5.41, 5.74) is 0. The minimum atomic E-state index is -0.732. The number of hydrogen-bond donors (Lipinski definition) is 2. The molecule has 2 amide bonds. The Morgan fingerprint density at radius 2 is 0.897 bits per heavy atom. The normalized spacial score (nSPS) is 11.6. The number of carbonyl (C=O) groups is 4. The minimum Gasteiger partial charge on any atom is -0.491 e. The van der Waals surface area contributed by atoms with Gasteiger partial charge in [-0.05, 0) is 48.6 Å². The van der Waals surface area contributed by atoms with Crippen LogP contribution in [0.25, 0.3) is 0 Å². The van der Waals surface area contributed by atoms with Crippen LogP contribution in [0.1, 0.15) is 0 Å². The zero-order valence-electron chi connectivity index (χ0n) is 32.4. The summed E-state index contributed by atoms with van der Waals surface area (Å²) < 4.78 is 56.0. The van der Waals surface area contributed by atoms with Crippen LogP contribution in [0.5, 0.6) is 23.0 Å². The molecule has 0 spiro atoms. The maximum atomic E-state index is 12.4. The van der Waals surface area contributed by atoms with E-state index in [1.54, 1.807) is 48.5 Å².